The molecule has 0 aliphatic carbocycles. The summed E-state index contributed by atoms with van der Waals surface area (Å²) < 4.78 is 15.9. The largest absolute Gasteiger partial charge is 0.493 e. The van der Waals surface area contributed by atoms with Crippen LogP contribution in [0.25, 0.3) is 0 Å². The number of benzene rings is 1. The minimum Gasteiger partial charge on any atom is -0.493 e. The van der Waals surface area contributed by atoms with Crippen molar-refractivity contribution in [3.8, 4) is 5.75 Å². The third-order valence-corrected chi connectivity index (χ3v) is 2.52. The van der Waals surface area contributed by atoms with Crippen molar-refractivity contribution in [2.24, 2.45) is 5.73 Å². The summed E-state index contributed by atoms with van der Waals surface area (Å²) >= 11 is 0. The van der Waals surface area contributed by atoms with Crippen LogP contribution in [-0.4, -0.2) is 33.5 Å². The van der Waals surface area contributed by atoms with E-state index >= 15 is 0 Å². The smallest absolute Gasteiger partial charge is 0.119 e. The van der Waals surface area contributed by atoms with E-state index in [9.17, 15) is 0 Å². The average Bonchev–Trinajstić information content (AvgIpc) is 2.38. The van der Waals surface area contributed by atoms with Gasteiger partial charge in [0.05, 0.1) is 19.8 Å². The lowest BCUT2D eigenvalue weighted by molar-refractivity contribution is 0.0644. The van der Waals surface area contributed by atoms with Gasteiger partial charge in [-0.15, -0.1) is 0 Å². The van der Waals surface area contributed by atoms with Crippen LogP contribution in [0.15, 0.2) is 24.3 Å². The Hall–Kier alpha value is -1.10. The van der Waals surface area contributed by atoms with Crippen LogP contribution in [0.4, 0.5) is 0 Å². The molecule has 0 spiro atoms. The first-order chi connectivity index (χ1) is 8.74. The van der Waals surface area contributed by atoms with Crippen LogP contribution in [0, 0.1) is 0 Å². The molecular weight excluding hydrogens is 230 g/mol. The Balaban J connectivity index is 2.17. The fraction of sp³-hybridized carbons (Fsp3) is 0.571. The minimum atomic E-state index is 0.0333. The van der Waals surface area contributed by atoms with Gasteiger partial charge in [-0.25, -0.2) is 0 Å². The first-order valence-electron chi connectivity index (χ1n) is 6.29. The molecule has 0 aliphatic rings. The van der Waals surface area contributed by atoms with Crippen LogP contribution in [0.1, 0.15) is 24.9 Å². The molecule has 0 aliphatic heterocycles. The fourth-order valence-corrected chi connectivity index (χ4v) is 1.48. The normalized spacial score (nSPS) is 12.4. The highest BCUT2D eigenvalue weighted by atomic mass is 16.5. The fourth-order valence-electron chi connectivity index (χ4n) is 1.48. The third kappa shape index (κ3) is 6.00. The van der Waals surface area contributed by atoms with Gasteiger partial charge < -0.3 is 19.9 Å². The topological polar surface area (TPSA) is 53.7 Å². The van der Waals surface area contributed by atoms with Crippen molar-refractivity contribution >= 4 is 0 Å². The van der Waals surface area contributed by atoms with Gasteiger partial charge in [0.1, 0.15) is 5.75 Å². The van der Waals surface area contributed by atoms with Crippen molar-refractivity contribution in [3.05, 3.63) is 29.8 Å². The summed E-state index contributed by atoms with van der Waals surface area (Å²) in [6, 6.07) is 7.92. The van der Waals surface area contributed by atoms with E-state index in [1.54, 1.807) is 7.11 Å². The molecule has 1 aromatic rings. The van der Waals surface area contributed by atoms with Crippen LogP contribution in [-0.2, 0) is 9.47 Å². The molecule has 0 saturated heterocycles. The van der Waals surface area contributed by atoms with Crippen molar-refractivity contribution in [3.63, 3.8) is 0 Å². The van der Waals surface area contributed by atoms with E-state index < -0.39 is 0 Å². The molecule has 0 fully saturated rings. The van der Waals surface area contributed by atoms with Crippen molar-refractivity contribution in [2.45, 2.75) is 19.4 Å². The Morgan fingerprint density at radius 2 is 2.00 bits per heavy atom. The van der Waals surface area contributed by atoms with Gasteiger partial charge in [-0.3, -0.25) is 0 Å². The Kier molecular flexibility index (Phi) is 7.41. The highest BCUT2D eigenvalue weighted by Gasteiger charge is 2.01. The van der Waals surface area contributed by atoms with Gasteiger partial charge in [0.25, 0.3) is 0 Å². The van der Waals surface area contributed by atoms with E-state index in [1.165, 1.54) is 0 Å². The zero-order valence-corrected chi connectivity index (χ0v) is 11.2. The van der Waals surface area contributed by atoms with Crippen molar-refractivity contribution in [2.75, 3.05) is 33.5 Å². The number of rotatable bonds is 9. The van der Waals surface area contributed by atoms with Gasteiger partial charge in [-0.05, 0) is 24.6 Å². The monoisotopic (exact) mass is 253 g/mol. The molecule has 0 bridgehead atoms. The molecule has 1 rings (SSSR count). The predicted octanol–water partition coefficient (Wildman–Crippen LogP) is 2.14. The van der Waals surface area contributed by atoms with E-state index in [0.29, 0.717) is 26.4 Å². The second-order valence-corrected chi connectivity index (χ2v) is 4.17. The first-order valence-corrected chi connectivity index (χ1v) is 6.29. The van der Waals surface area contributed by atoms with Crippen molar-refractivity contribution < 1.29 is 14.2 Å². The summed E-state index contributed by atoms with van der Waals surface area (Å²) in [7, 11) is 1.66. The van der Waals surface area contributed by atoms with E-state index in [4.69, 9.17) is 19.9 Å². The van der Waals surface area contributed by atoms with Crippen LogP contribution < -0.4 is 10.5 Å². The summed E-state index contributed by atoms with van der Waals surface area (Å²) in [5.41, 5.74) is 6.90. The quantitative estimate of drug-likeness (QED) is 0.685. The summed E-state index contributed by atoms with van der Waals surface area (Å²) in [6.45, 7) is 4.57. The van der Waals surface area contributed by atoms with E-state index in [1.807, 2.05) is 31.2 Å². The molecule has 0 radical (unpaired) electrons. The van der Waals surface area contributed by atoms with Gasteiger partial charge in [0.15, 0.2) is 0 Å². The number of ether oxygens (including phenoxy) is 3. The van der Waals surface area contributed by atoms with Crippen LogP contribution in [0.2, 0.25) is 0 Å². The van der Waals surface area contributed by atoms with Gasteiger partial charge in [-0.1, -0.05) is 12.1 Å². The molecule has 0 aromatic heterocycles. The average molecular weight is 253 g/mol. The van der Waals surface area contributed by atoms with Crippen molar-refractivity contribution in [1.29, 1.82) is 0 Å². The van der Waals surface area contributed by atoms with Gasteiger partial charge in [0, 0.05) is 26.2 Å². The molecule has 4 nitrogen and oxygen atoms in total. The second-order valence-electron chi connectivity index (χ2n) is 4.17. The van der Waals surface area contributed by atoms with E-state index in [2.05, 4.69) is 0 Å². The maximum atomic E-state index is 5.82. The lowest BCUT2D eigenvalue weighted by atomic mass is 10.1. The number of methoxy groups -OCH3 is 1. The molecular formula is C14H23NO3. The highest BCUT2D eigenvalue weighted by Crippen LogP contribution is 2.17. The Morgan fingerprint density at radius 1 is 1.17 bits per heavy atom. The lowest BCUT2D eigenvalue weighted by Crippen LogP contribution is -2.07. The van der Waals surface area contributed by atoms with Crippen LogP contribution in [0.5, 0.6) is 5.75 Å². The number of nitrogens with two attached hydrogens (primary N) is 1. The number of hydrogen-bond acceptors (Lipinski definition) is 4. The van der Waals surface area contributed by atoms with Gasteiger partial charge >= 0.3 is 0 Å². The second kappa shape index (κ2) is 8.91. The summed E-state index contributed by atoms with van der Waals surface area (Å²) in [5, 5.41) is 0. The number of hydrogen-bond donors (Lipinski definition) is 1. The first kappa shape index (κ1) is 15.0. The maximum Gasteiger partial charge on any atom is 0.119 e. The molecule has 1 aromatic carbocycles. The van der Waals surface area contributed by atoms with Gasteiger partial charge in [0.2, 0.25) is 0 Å². The van der Waals surface area contributed by atoms with Crippen LogP contribution in [0.3, 0.4) is 0 Å². The van der Waals surface area contributed by atoms with E-state index in [0.717, 1.165) is 17.7 Å². The Morgan fingerprint density at radius 3 is 2.72 bits per heavy atom. The molecule has 102 valence electrons. The maximum absolute atomic E-state index is 5.82. The molecule has 18 heavy (non-hydrogen) atoms. The molecule has 0 unspecified atom stereocenters. The molecule has 4 heteroatoms. The molecule has 0 saturated carbocycles. The third-order valence-electron chi connectivity index (χ3n) is 2.52. The zero-order valence-electron chi connectivity index (χ0n) is 11.2. The molecule has 0 amide bonds. The molecule has 1 atom stereocenters. The van der Waals surface area contributed by atoms with Crippen molar-refractivity contribution in [1.82, 2.24) is 0 Å². The molecule has 0 heterocycles. The zero-order chi connectivity index (χ0) is 13.2. The van der Waals surface area contributed by atoms with E-state index in [-0.39, 0.29) is 6.04 Å². The Labute approximate surface area is 109 Å². The standard InChI is InChI=1S/C14H23NO3/c1-12(15)13-5-3-6-14(11-13)18-8-4-7-17-10-9-16-2/h3,5-6,11-12H,4,7-10,15H2,1-2H3/t12-/m1/s1. The summed E-state index contributed by atoms with van der Waals surface area (Å²) in [4.78, 5) is 0. The Bertz CT molecular complexity index is 329. The molecule has 2 N–H and O–H groups in total. The summed E-state index contributed by atoms with van der Waals surface area (Å²) in [6.07, 6.45) is 0.867. The minimum absolute atomic E-state index is 0.0333. The lowest BCUT2D eigenvalue weighted by Gasteiger charge is -2.10. The summed E-state index contributed by atoms with van der Waals surface area (Å²) in [5.74, 6) is 0.863. The highest BCUT2D eigenvalue weighted by molar-refractivity contribution is 5.30. The van der Waals surface area contributed by atoms with Crippen LogP contribution >= 0.6 is 0 Å². The van der Waals surface area contributed by atoms with Gasteiger partial charge in [-0.2, -0.15) is 0 Å². The predicted molar refractivity (Wildman–Crippen MR) is 71.9 cm³/mol. The SMILES string of the molecule is COCCOCCCOc1cccc([C@@H](C)N)c1.